The normalized spacial score (nSPS) is 10.4. The van der Waals surface area contributed by atoms with Crippen molar-refractivity contribution in [2.75, 3.05) is 12.8 Å². The molecule has 1 aromatic heterocycles. The van der Waals surface area contributed by atoms with Crippen molar-refractivity contribution < 1.29 is 9.15 Å². The van der Waals surface area contributed by atoms with Crippen molar-refractivity contribution in [3.8, 4) is 17.0 Å². The van der Waals surface area contributed by atoms with Gasteiger partial charge in [0.25, 0.3) is 6.01 Å². The smallest absolute Gasteiger partial charge is 0.292 e. The monoisotopic (exact) mass is 218 g/mol. The van der Waals surface area contributed by atoms with Gasteiger partial charge in [-0.2, -0.15) is 4.98 Å². The molecular weight excluding hydrogens is 204 g/mol. The Morgan fingerprint density at radius 1 is 1.25 bits per heavy atom. The van der Waals surface area contributed by atoms with Crippen molar-refractivity contribution >= 4 is 6.01 Å². The summed E-state index contributed by atoms with van der Waals surface area (Å²) < 4.78 is 10.3. The Balaban J connectivity index is 2.52. The van der Waals surface area contributed by atoms with E-state index in [1.54, 1.807) is 13.4 Å². The molecule has 0 aliphatic carbocycles. The van der Waals surface area contributed by atoms with Crippen LogP contribution in [0.2, 0.25) is 0 Å². The first-order valence-corrected chi connectivity index (χ1v) is 4.98. The Bertz CT molecular complexity index is 494. The summed E-state index contributed by atoms with van der Waals surface area (Å²) in [5.41, 5.74) is 9.31. The molecule has 0 atom stereocenters. The third-order valence-electron chi connectivity index (χ3n) is 2.48. The summed E-state index contributed by atoms with van der Waals surface area (Å²) >= 11 is 0. The van der Waals surface area contributed by atoms with E-state index >= 15 is 0 Å². The number of oxazole rings is 1. The zero-order valence-corrected chi connectivity index (χ0v) is 9.57. The predicted molar refractivity (Wildman–Crippen MR) is 62.4 cm³/mol. The van der Waals surface area contributed by atoms with Crippen LogP contribution in [0.1, 0.15) is 11.1 Å². The van der Waals surface area contributed by atoms with E-state index in [1.165, 1.54) is 0 Å². The van der Waals surface area contributed by atoms with E-state index in [0.29, 0.717) is 0 Å². The minimum atomic E-state index is 0.182. The van der Waals surface area contributed by atoms with E-state index in [4.69, 9.17) is 14.9 Å². The van der Waals surface area contributed by atoms with Crippen molar-refractivity contribution in [3.05, 3.63) is 29.5 Å². The highest BCUT2D eigenvalue weighted by atomic mass is 16.5. The summed E-state index contributed by atoms with van der Waals surface area (Å²) in [4.78, 5) is 4.09. The molecule has 2 rings (SSSR count). The number of nitrogens with zero attached hydrogens (tertiary/aromatic N) is 1. The van der Waals surface area contributed by atoms with E-state index in [0.717, 1.165) is 28.1 Å². The minimum Gasteiger partial charge on any atom is -0.496 e. The van der Waals surface area contributed by atoms with Gasteiger partial charge in [0.2, 0.25) is 0 Å². The van der Waals surface area contributed by atoms with Gasteiger partial charge >= 0.3 is 0 Å². The number of nitrogen functional groups attached to an aromatic ring is 1. The lowest BCUT2D eigenvalue weighted by atomic mass is 10.0. The molecule has 0 spiro atoms. The Morgan fingerprint density at radius 2 is 1.88 bits per heavy atom. The van der Waals surface area contributed by atoms with Gasteiger partial charge in [-0.25, -0.2) is 0 Å². The maximum Gasteiger partial charge on any atom is 0.292 e. The quantitative estimate of drug-likeness (QED) is 0.841. The second-order valence-corrected chi connectivity index (χ2v) is 3.71. The first kappa shape index (κ1) is 10.5. The molecule has 4 nitrogen and oxygen atoms in total. The van der Waals surface area contributed by atoms with Crippen LogP contribution in [0.4, 0.5) is 6.01 Å². The highest BCUT2D eigenvalue weighted by Crippen LogP contribution is 2.29. The zero-order valence-electron chi connectivity index (χ0n) is 9.57. The number of hydrogen-bond donors (Lipinski definition) is 1. The van der Waals surface area contributed by atoms with Crippen LogP contribution in [0.5, 0.6) is 5.75 Å². The molecule has 0 aliphatic heterocycles. The zero-order chi connectivity index (χ0) is 11.7. The number of anilines is 1. The summed E-state index contributed by atoms with van der Waals surface area (Å²) in [7, 11) is 1.67. The molecule has 4 heteroatoms. The van der Waals surface area contributed by atoms with Crippen molar-refractivity contribution in [3.63, 3.8) is 0 Å². The Kier molecular flexibility index (Phi) is 2.56. The molecule has 0 fully saturated rings. The summed E-state index contributed by atoms with van der Waals surface area (Å²) in [5.74, 6) is 0.903. The first-order valence-electron chi connectivity index (χ1n) is 4.98. The second kappa shape index (κ2) is 3.89. The second-order valence-electron chi connectivity index (χ2n) is 3.71. The summed E-state index contributed by atoms with van der Waals surface area (Å²) in [6.07, 6.45) is 1.55. The van der Waals surface area contributed by atoms with Crippen LogP contribution >= 0.6 is 0 Å². The van der Waals surface area contributed by atoms with Crippen molar-refractivity contribution in [1.29, 1.82) is 0 Å². The largest absolute Gasteiger partial charge is 0.496 e. The molecular formula is C12H14N2O2. The van der Waals surface area contributed by atoms with Gasteiger partial charge in [-0.15, -0.1) is 0 Å². The number of rotatable bonds is 2. The summed E-state index contributed by atoms with van der Waals surface area (Å²) in [6, 6.07) is 4.19. The molecule has 84 valence electrons. The molecule has 1 aromatic carbocycles. The molecule has 0 bridgehead atoms. The van der Waals surface area contributed by atoms with Gasteiger partial charge in [-0.05, 0) is 37.1 Å². The molecule has 1 heterocycles. The maximum atomic E-state index is 5.45. The van der Waals surface area contributed by atoms with Crippen LogP contribution in [-0.4, -0.2) is 12.1 Å². The topological polar surface area (TPSA) is 61.3 Å². The van der Waals surface area contributed by atoms with Gasteiger partial charge in [0, 0.05) is 5.56 Å². The molecule has 0 aliphatic rings. The highest BCUT2D eigenvalue weighted by molar-refractivity contribution is 5.64. The van der Waals surface area contributed by atoms with Gasteiger partial charge in [0.15, 0.2) is 0 Å². The molecule has 0 saturated carbocycles. The number of aromatic nitrogens is 1. The average molecular weight is 218 g/mol. The van der Waals surface area contributed by atoms with E-state index in [9.17, 15) is 0 Å². The lowest BCUT2D eigenvalue weighted by molar-refractivity contribution is 0.408. The molecule has 16 heavy (non-hydrogen) atoms. The van der Waals surface area contributed by atoms with Crippen LogP contribution in [0.25, 0.3) is 11.3 Å². The van der Waals surface area contributed by atoms with E-state index in [1.807, 2.05) is 26.0 Å². The highest BCUT2D eigenvalue weighted by Gasteiger charge is 2.09. The standard InChI is InChI=1S/C12H14N2O2/c1-7-4-9(5-8(2)11(7)15-3)10-6-16-12(13)14-10/h4-6H,1-3H3,(H2,13,14). The molecule has 2 N–H and O–H groups in total. The fourth-order valence-electron chi connectivity index (χ4n) is 1.84. The van der Waals surface area contributed by atoms with Crippen molar-refractivity contribution in [2.45, 2.75) is 13.8 Å². The minimum absolute atomic E-state index is 0.182. The van der Waals surface area contributed by atoms with Gasteiger partial charge in [0.05, 0.1) is 7.11 Å². The van der Waals surface area contributed by atoms with Crippen LogP contribution in [-0.2, 0) is 0 Å². The van der Waals surface area contributed by atoms with E-state index < -0.39 is 0 Å². The fraction of sp³-hybridized carbons (Fsp3) is 0.250. The molecule has 0 unspecified atom stereocenters. The predicted octanol–water partition coefficient (Wildman–Crippen LogP) is 2.55. The molecule has 0 saturated heterocycles. The average Bonchev–Trinajstić information content (AvgIpc) is 2.64. The number of nitrogens with two attached hydrogens (primary N) is 1. The van der Waals surface area contributed by atoms with Crippen LogP contribution < -0.4 is 10.5 Å². The number of ether oxygens (including phenoxy) is 1. The van der Waals surface area contributed by atoms with E-state index in [-0.39, 0.29) is 6.01 Å². The lowest BCUT2D eigenvalue weighted by Crippen LogP contribution is -1.92. The van der Waals surface area contributed by atoms with Crippen LogP contribution in [0, 0.1) is 13.8 Å². The Hall–Kier alpha value is -1.97. The van der Waals surface area contributed by atoms with Crippen LogP contribution in [0.3, 0.4) is 0 Å². The van der Waals surface area contributed by atoms with Gasteiger partial charge in [-0.1, -0.05) is 0 Å². The lowest BCUT2D eigenvalue weighted by Gasteiger charge is -2.09. The van der Waals surface area contributed by atoms with Crippen molar-refractivity contribution in [1.82, 2.24) is 4.98 Å². The van der Waals surface area contributed by atoms with Gasteiger partial charge in [-0.3, -0.25) is 0 Å². The number of hydrogen-bond acceptors (Lipinski definition) is 4. The number of methoxy groups -OCH3 is 1. The Labute approximate surface area is 94.1 Å². The third kappa shape index (κ3) is 1.74. The third-order valence-corrected chi connectivity index (χ3v) is 2.48. The fourth-order valence-corrected chi connectivity index (χ4v) is 1.84. The van der Waals surface area contributed by atoms with Crippen LogP contribution in [0.15, 0.2) is 22.8 Å². The summed E-state index contributed by atoms with van der Waals surface area (Å²) in [6.45, 7) is 4.00. The molecule has 0 amide bonds. The van der Waals surface area contributed by atoms with Gasteiger partial charge in [0.1, 0.15) is 17.7 Å². The van der Waals surface area contributed by atoms with Gasteiger partial charge < -0.3 is 14.9 Å². The van der Waals surface area contributed by atoms with Crippen molar-refractivity contribution in [2.24, 2.45) is 0 Å². The number of aryl methyl sites for hydroxylation is 2. The Morgan fingerprint density at radius 3 is 2.31 bits per heavy atom. The SMILES string of the molecule is COc1c(C)cc(-c2coc(N)n2)cc1C. The maximum absolute atomic E-state index is 5.45. The summed E-state index contributed by atoms with van der Waals surface area (Å²) in [5, 5.41) is 0. The molecule has 0 radical (unpaired) electrons. The van der Waals surface area contributed by atoms with E-state index in [2.05, 4.69) is 4.98 Å². The number of benzene rings is 1. The molecule has 2 aromatic rings. The first-order chi connectivity index (χ1) is 7.61.